The largest absolute Gasteiger partial charge is 0.497 e. The minimum absolute atomic E-state index is 0.529. The molecule has 2 aromatic rings. The van der Waals surface area contributed by atoms with Gasteiger partial charge in [0.25, 0.3) is 0 Å². The highest BCUT2D eigenvalue weighted by Gasteiger charge is 2.26. The normalized spacial score (nSPS) is 16.9. The van der Waals surface area contributed by atoms with Gasteiger partial charge in [0.1, 0.15) is 11.5 Å². The topological polar surface area (TPSA) is 46.1 Å². The number of nitrogens with zero attached hydrogens (tertiary/aromatic N) is 2. The first-order valence-electron chi connectivity index (χ1n) is 9.87. The van der Waals surface area contributed by atoms with Crippen molar-refractivity contribution >= 4 is 5.96 Å². The van der Waals surface area contributed by atoms with E-state index in [0.717, 1.165) is 49.9 Å². The van der Waals surface area contributed by atoms with Crippen molar-refractivity contribution in [3.63, 3.8) is 0 Å². The number of likely N-dealkylation sites (tertiary alicyclic amines) is 1. The van der Waals surface area contributed by atoms with Gasteiger partial charge >= 0.3 is 0 Å². The van der Waals surface area contributed by atoms with Gasteiger partial charge in [-0.2, -0.15) is 0 Å². The summed E-state index contributed by atoms with van der Waals surface area (Å²) in [6.07, 6.45) is 2.04. The molecular formula is C23H31N3O2. The molecule has 0 bridgehead atoms. The Morgan fingerprint density at radius 3 is 2.61 bits per heavy atom. The van der Waals surface area contributed by atoms with Gasteiger partial charge in [-0.05, 0) is 49.1 Å². The minimum atomic E-state index is 0.529. The zero-order valence-corrected chi connectivity index (χ0v) is 17.4. The van der Waals surface area contributed by atoms with Crippen LogP contribution in [0.4, 0.5) is 0 Å². The summed E-state index contributed by atoms with van der Waals surface area (Å²) in [4.78, 5) is 6.85. The van der Waals surface area contributed by atoms with E-state index in [9.17, 15) is 0 Å². The summed E-state index contributed by atoms with van der Waals surface area (Å²) in [6.45, 7) is 4.94. The molecule has 1 heterocycles. The molecule has 5 heteroatoms. The van der Waals surface area contributed by atoms with E-state index in [-0.39, 0.29) is 0 Å². The molecule has 5 nitrogen and oxygen atoms in total. The highest BCUT2D eigenvalue weighted by Crippen LogP contribution is 2.28. The van der Waals surface area contributed by atoms with E-state index < -0.39 is 0 Å². The van der Waals surface area contributed by atoms with Crippen LogP contribution in [0.3, 0.4) is 0 Å². The van der Waals surface area contributed by atoms with Crippen LogP contribution in [0.25, 0.3) is 0 Å². The molecule has 2 aromatic carbocycles. The fraction of sp³-hybridized carbons (Fsp3) is 0.435. The van der Waals surface area contributed by atoms with Crippen molar-refractivity contribution in [1.82, 2.24) is 10.2 Å². The van der Waals surface area contributed by atoms with Crippen LogP contribution in [0.5, 0.6) is 11.5 Å². The number of methoxy groups -OCH3 is 2. The lowest BCUT2D eigenvalue weighted by Crippen LogP contribution is -2.40. The predicted molar refractivity (Wildman–Crippen MR) is 115 cm³/mol. The number of hydrogen-bond donors (Lipinski definition) is 1. The second-order valence-corrected chi connectivity index (χ2v) is 7.24. The lowest BCUT2D eigenvalue weighted by atomic mass is 9.98. The average Bonchev–Trinajstić information content (AvgIpc) is 3.21. The van der Waals surface area contributed by atoms with E-state index in [1.54, 1.807) is 14.2 Å². The maximum absolute atomic E-state index is 5.49. The van der Waals surface area contributed by atoms with Crippen molar-refractivity contribution in [3.05, 3.63) is 59.2 Å². The molecule has 1 aliphatic rings. The van der Waals surface area contributed by atoms with Crippen molar-refractivity contribution < 1.29 is 9.47 Å². The van der Waals surface area contributed by atoms with Gasteiger partial charge in [0.15, 0.2) is 5.96 Å². The first-order valence-corrected chi connectivity index (χ1v) is 9.87. The molecule has 1 N–H and O–H groups in total. The highest BCUT2D eigenvalue weighted by atomic mass is 16.5. The third-order valence-electron chi connectivity index (χ3n) is 5.40. The third-order valence-corrected chi connectivity index (χ3v) is 5.40. The van der Waals surface area contributed by atoms with E-state index in [4.69, 9.17) is 9.47 Å². The fourth-order valence-electron chi connectivity index (χ4n) is 3.84. The van der Waals surface area contributed by atoms with Crippen LogP contribution in [0.15, 0.2) is 47.5 Å². The average molecular weight is 382 g/mol. The summed E-state index contributed by atoms with van der Waals surface area (Å²) in [6, 6.07) is 14.7. The molecular weight excluding hydrogens is 350 g/mol. The van der Waals surface area contributed by atoms with Crippen LogP contribution in [0, 0.1) is 6.92 Å². The summed E-state index contributed by atoms with van der Waals surface area (Å²) >= 11 is 0. The van der Waals surface area contributed by atoms with Gasteiger partial charge in [0, 0.05) is 32.6 Å². The summed E-state index contributed by atoms with van der Waals surface area (Å²) in [5.41, 5.74) is 3.84. The van der Waals surface area contributed by atoms with Crippen molar-refractivity contribution in [2.24, 2.45) is 4.99 Å². The number of aliphatic imine (C=N–C) groups is 1. The summed E-state index contributed by atoms with van der Waals surface area (Å²) in [7, 11) is 5.29. The van der Waals surface area contributed by atoms with E-state index >= 15 is 0 Å². The van der Waals surface area contributed by atoms with Crippen LogP contribution < -0.4 is 14.8 Å². The molecule has 0 aliphatic carbocycles. The zero-order chi connectivity index (χ0) is 19.9. The SMILES string of the molecule is CN=C(NCCc1cc(C)ccc1OC)N1CCC(c2ccc(OC)cc2)C1. The predicted octanol–water partition coefficient (Wildman–Crippen LogP) is 3.62. The number of rotatable bonds is 6. The molecule has 0 aromatic heterocycles. The number of benzene rings is 2. The summed E-state index contributed by atoms with van der Waals surface area (Å²) in [5, 5.41) is 3.52. The Morgan fingerprint density at radius 2 is 1.93 bits per heavy atom. The molecule has 1 atom stereocenters. The second kappa shape index (κ2) is 9.49. The molecule has 0 spiro atoms. The lowest BCUT2D eigenvalue weighted by Gasteiger charge is -2.22. The molecule has 1 saturated heterocycles. The quantitative estimate of drug-likeness (QED) is 0.613. The van der Waals surface area contributed by atoms with Crippen molar-refractivity contribution in [2.45, 2.75) is 25.7 Å². The van der Waals surface area contributed by atoms with E-state index in [0.29, 0.717) is 5.92 Å². The van der Waals surface area contributed by atoms with Gasteiger partial charge in [-0.25, -0.2) is 0 Å². The van der Waals surface area contributed by atoms with Crippen molar-refractivity contribution in [1.29, 1.82) is 0 Å². The fourth-order valence-corrected chi connectivity index (χ4v) is 3.84. The first-order chi connectivity index (χ1) is 13.6. The molecule has 0 saturated carbocycles. The highest BCUT2D eigenvalue weighted by molar-refractivity contribution is 5.80. The Balaban J connectivity index is 1.55. The monoisotopic (exact) mass is 381 g/mol. The Labute approximate surface area is 168 Å². The molecule has 1 aliphatic heterocycles. The van der Waals surface area contributed by atoms with Crippen LogP contribution in [0.1, 0.15) is 29.0 Å². The Morgan fingerprint density at radius 1 is 1.14 bits per heavy atom. The van der Waals surface area contributed by atoms with Gasteiger partial charge in [0.2, 0.25) is 0 Å². The number of aryl methyl sites for hydroxylation is 1. The number of ether oxygens (including phenoxy) is 2. The summed E-state index contributed by atoms with van der Waals surface area (Å²) < 4.78 is 10.8. The Hall–Kier alpha value is -2.69. The second-order valence-electron chi connectivity index (χ2n) is 7.24. The standard InChI is InChI=1S/C23H31N3O2/c1-17-5-10-22(28-4)19(15-17)11-13-25-23(24-2)26-14-12-20(16-26)18-6-8-21(27-3)9-7-18/h5-10,15,20H,11-14,16H2,1-4H3,(H,24,25). The van der Waals surface area contributed by atoms with Gasteiger partial charge in [-0.3, -0.25) is 4.99 Å². The maximum Gasteiger partial charge on any atom is 0.193 e. The van der Waals surface area contributed by atoms with Crippen LogP contribution in [-0.2, 0) is 6.42 Å². The zero-order valence-electron chi connectivity index (χ0n) is 17.4. The van der Waals surface area contributed by atoms with Gasteiger partial charge in [0.05, 0.1) is 14.2 Å². The van der Waals surface area contributed by atoms with Crippen LogP contribution in [-0.4, -0.2) is 51.8 Å². The molecule has 0 amide bonds. The Bertz CT molecular complexity index is 802. The van der Waals surface area contributed by atoms with Gasteiger partial charge in [-0.15, -0.1) is 0 Å². The van der Waals surface area contributed by atoms with E-state index in [2.05, 4.69) is 46.4 Å². The molecule has 1 unspecified atom stereocenters. The van der Waals surface area contributed by atoms with Crippen LogP contribution >= 0.6 is 0 Å². The van der Waals surface area contributed by atoms with Crippen molar-refractivity contribution in [2.75, 3.05) is 40.9 Å². The minimum Gasteiger partial charge on any atom is -0.497 e. The van der Waals surface area contributed by atoms with E-state index in [1.807, 2.05) is 25.2 Å². The number of guanidine groups is 1. The molecule has 3 rings (SSSR count). The first kappa shape index (κ1) is 20.1. The maximum atomic E-state index is 5.49. The smallest absolute Gasteiger partial charge is 0.193 e. The van der Waals surface area contributed by atoms with Gasteiger partial charge in [-0.1, -0.05) is 29.8 Å². The lowest BCUT2D eigenvalue weighted by molar-refractivity contribution is 0.409. The van der Waals surface area contributed by atoms with E-state index in [1.165, 1.54) is 16.7 Å². The molecule has 1 fully saturated rings. The van der Waals surface area contributed by atoms with Gasteiger partial charge < -0.3 is 19.7 Å². The molecule has 150 valence electrons. The molecule has 28 heavy (non-hydrogen) atoms. The number of nitrogens with one attached hydrogen (secondary N) is 1. The Kier molecular flexibility index (Phi) is 6.80. The third kappa shape index (κ3) is 4.77. The molecule has 0 radical (unpaired) electrons. The summed E-state index contributed by atoms with van der Waals surface area (Å²) in [5.74, 6) is 3.36. The van der Waals surface area contributed by atoms with Crippen LogP contribution in [0.2, 0.25) is 0 Å². The number of hydrogen-bond acceptors (Lipinski definition) is 3. The van der Waals surface area contributed by atoms with Crippen molar-refractivity contribution in [3.8, 4) is 11.5 Å².